The van der Waals surface area contributed by atoms with E-state index in [1.54, 1.807) is 17.0 Å². The van der Waals surface area contributed by atoms with Crippen LogP contribution in [0.15, 0.2) is 65.1 Å². The largest absolute Gasteiger partial charge is 0.482 e. The van der Waals surface area contributed by atoms with Crippen LogP contribution in [0.4, 0.5) is 11.4 Å². The van der Waals surface area contributed by atoms with Crippen LogP contribution in [-0.4, -0.2) is 49.5 Å². The lowest BCUT2D eigenvalue weighted by molar-refractivity contribution is -0.121. The summed E-state index contributed by atoms with van der Waals surface area (Å²) in [4.78, 5) is 31.2. The zero-order chi connectivity index (χ0) is 22.1. The van der Waals surface area contributed by atoms with Crippen molar-refractivity contribution >= 4 is 23.2 Å². The van der Waals surface area contributed by atoms with E-state index in [1.165, 1.54) is 11.3 Å². The summed E-state index contributed by atoms with van der Waals surface area (Å²) in [5.74, 6) is 1.28. The third-order valence-electron chi connectivity index (χ3n) is 6.02. The molecule has 0 spiro atoms. The Morgan fingerprint density at radius 2 is 1.62 bits per heavy atom. The first-order valence-electron chi connectivity index (χ1n) is 10.8. The minimum atomic E-state index is -0.139. The van der Waals surface area contributed by atoms with Gasteiger partial charge in [-0.1, -0.05) is 30.3 Å². The fourth-order valence-corrected chi connectivity index (χ4v) is 4.29. The summed E-state index contributed by atoms with van der Waals surface area (Å²) in [5, 5.41) is 0. The third-order valence-corrected chi connectivity index (χ3v) is 6.02. The smallest absolute Gasteiger partial charge is 0.289 e. The van der Waals surface area contributed by atoms with Crippen LogP contribution in [-0.2, 0) is 11.3 Å². The molecule has 5 rings (SSSR count). The maximum Gasteiger partial charge on any atom is 0.289 e. The Hall–Kier alpha value is -3.74. The van der Waals surface area contributed by atoms with Gasteiger partial charge >= 0.3 is 0 Å². The molecule has 3 heterocycles. The maximum absolute atomic E-state index is 13.0. The monoisotopic (exact) mass is 431 g/mol. The van der Waals surface area contributed by atoms with Crippen LogP contribution in [0.25, 0.3) is 0 Å². The number of carbonyl (C=O) groups excluding carboxylic acids is 2. The number of aryl methyl sites for hydroxylation is 1. The van der Waals surface area contributed by atoms with Gasteiger partial charge in [0, 0.05) is 31.9 Å². The lowest BCUT2D eigenvalue weighted by Gasteiger charge is -2.36. The standard InChI is InChI=1S/C25H25N3O4/c1-18-6-2-3-7-20(18)26-12-14-27(15-13-26)25(30)23-11-10-19(32-23)16-28-21-8-4-5-9-22(21)31-17-24(28)29/h2-11H,12-17H2,1H3. The zero-order valence-corrected chi connectivity index (χ0v) is 18.0. The van der Waals surface area contributed by atoms with E-state index in [1.807, 2.05) is 41.3 Å². The number of ether oxygens (including phenoxy) is 1. The molecule has 164 valence electrons. The molecule has 7 heteroatoms. The molecule has 1 fully saturated rings. The summed E-state index contributed by atoms with van der Waals surface area (Å²) in [6, 6.07) is 19.2. The molecule has 7 nitrogen and oxygen atoms in total. The molecule has 2 aliphatic rings. The van der Waals surface area contributed by atoms with Crippen LogP contribution in [0.1, 0.15) is 21.9 Å². The number of piperazine rings is 1. The van der Waals surface area contributed by atoms with Gasteiger partial charge < -0.3 is 19.0 Å². The summed E-state index contributed by atoms with van der Waals surface area (Å²) >= 11 is 0. The Labute approximate surface area is 186 Å². The van der Waals surface area contributed by atoms with Crippen LogP contribution >= 0.6 is 0 Å². The van der Waals surface area contributed by atoms with Gasteiger partial charge in [0.05, 0.1) is 12.2 Å². The number of furan rings is 1. The molecule has 32 heavy (non-hydrogen) atoms. The molecule has 3 aromatic rings. The molecule has 0 aliphatic carbocycles. The lowest BCUT2D eigenvalue weighted by Crippen LogP contribution is -2.48. The quantitative estimate of drug-likeness (QED) is 0.633. The average Bonchev–Trinajstić information content (AvgIpc) is 3.30. The Morgan fingerprint density at radius 3 is 2.41 bits per heavy atom. The number of nitrogens with zero attached hydrogens (tertiary/aromatic N) is 3. The Balaban J connectivity index is 1.24. The van der Waals surface area contributed by atoms with E-state index in [-0.39, 0.29) is 25.0 Å². The van der Waals surface area contributed by atoms with Crippen molar-refractivity contribution in [2.24, 2.45) is 0 Å². The summed E-state index contributed by atoms with van der Waals surface area (Å²) in [7, 11) is 0. The van der Waals surface area contributed by atoms with E-state index in [0.717, 1.165) is 13.1 Å². The van der Waals surface area contributed by atoms with Crippen LogP contribution in [0.3, 0.4) is 0 Å². The van der Waals surface area contributed by atoms with Gasteiger partial charge in [-0.05, 0) is 42.8 Å². The van der Waals surface area contributed by atoms with Crippen LogP contribution in [0.2, 0.25) is 0 Å². The van der Waals surface area contributed by atoms with Crippen molar-refractivity contribution < 1.29 is 18.7 Å². The number of benzene rings is 2. The van der Waals surface area contributed by atoms with Crippen LogP contribution in [0.5, 0.6) is 5.75 Å². The second-order valence-corrected chi connectivity index (χ2v) is 8.07. The molecule has 2 amide bonds. The van der Waals surface area contributed by atoms with Crippen molar-refractivity contribution in [2.45, 2.75) is 13.5 Å². The molecule has 0 atom stereocenters. The van der Waals surface area contributed by atoms with E-state index in [4.69, 9.17) is 9.15 Å². The number of carbonyl (C=O) groups is 2. The van der Waals surface area contributed by atoms with Gasteiger partial charge in [-0.15, -0.1) is 0 Å². The van der Waals surface area contributed by atoms with E-state index in [2.05, 4.69) is 24.0 Å². The van der Waals surface area contributed by atoms with E-state index >= 15 is 0 Å². The fraction of sp³-hybridized carbons (Fsp3) is 0.280. The van der Waals surface area contributed by atoms with Gasteiger partial charge in [0.2, 0.25) is 0 Å². The normalized spacial score (nSPS) is 16.0. The van der Waals surface area contributed by atoms with Gasteiger partial charge in [0.25, 0.3) is 11.8 Å². The number of anilines is 2. The van der Waals surface area contributed by atoms with Crippen LogP contribution < -0.4 is 14.5 Å². The second kappa shape index (κ2) is 8.42. The lowest BCUT2D eigenvalue weighted by atomic mass is 10.1. The van der Waals surface area contributed by atoms with E-state index < -0.39 is 0 Å². The Kier molecular flexibility index (Phi) is 5.31. The Morgan fingerprint density at radius 1 is 0.906 bits per heavy atom. The second-order valence-electron chi connectivity index (χ2n) is 8.07. The minimum Gasteiger partial charge on any atom is -0.482 e. The van der Waals surface area contributed by atoms with Crippen molar-refractivity contribution in [1.29, 1.82) is 0 Å². The highest BCUT2D eigenvalue weighted by Gasteiger charge is 2.28. The van der Waals surface area contributed by atoms with Crippen LogP contribution in [0, 0.1) is 6.92 Å². The van der Waals surface area contributed by atoms with Gasteiger partial charge in [-0.3, -0.25) is 14.5 Å². The highest BCUT2D eigenvalue weighted by atomic mass is 16.5. The van der Waals surface area contributed by atoms with Gasteiger partial charge in [-0.25, -0.2) is 0 Å². The predicted molar refractivity (Wildman–Crippen MR) is 121 cm³/mol. The first kappa shape index (κ1) is 20.2. The molecule has 0 saturated carbocycles. The fourth-order valence-electron chi connectivity index (χ4n) is 4.29. The summed E-state index contributed by atoms with van der Waals surface area (Å²) < 4.78 is 11.3. The van der Waals surface area contributed by atoms with Crippen molar-refractivity contribution in [1.82, 2.24) is 4.90 Å². The molecule has 2 aliphatic heterocycles. The zero-order valence-electron chi connectivity index (χ0n) is 18.0. The predicted octanol–water partition coefficient (Wildman–Crippen LogP) is 3.48. The van der Waals surface area contributed by atoms with Crippen molar-refractivity contribution in [3.63, 3.8) is 0 Å². The van der Waals surface area contributed by atoms with Crippen molar-refractivity contribution in [2.75, 3.05) is 42.6 Å². The highest BCUT2D eigenvalue weighted by Crippen LogP contribution is 2.32. The number of para-hydroxylation sites is 3. The highest BCUT2D eigenvalue weighted by molar-refractivity contribution is 5.97. The molecular formula is C25H25N3O4. The van der Waals surface area contributed by atoms with Gasteiger partial charge in [0.15, 0.2) is 12.4 Å². The first-order valence-corrected chi connectivity index (χ1v) is 10.8. The first-order chi connectivity index (χ1) is 15.6. The SMILES string of the molecule is Cc1ccccc1N1CCN(C(=O)c2ccc(CN3C(=O)COc4ccccc43)o2)CC1. The third kappa shape index (κ3) is 3.82. The van der Waals surface area contributed by atoms with Gasteiger partial charge in [0.1, 0.15) is 11.5 Å². The van der Waals surface area contributed by atoms with Crippen molar-refractivity contribution in [3.05, 3.63) is 77.7 Å². The molecule has 0 unspecified atom stereocenters. The molecule has 0 bridgehead atoms. The summed E-state index contributed by atoms with van der Waals surface area (Å²) in [6.07, 6.45) is 0. The molecule has 2 aromatic carbocycles. The molecule has 1 aromatic heterocycles. The van der Waals surface area contributed by atoms with E-state index in [0.29, 0.717) is 36.0 Å². The minimum absolute atomic E-state index is 0.00528. The number of amides is 2. The number of rotatable bonds is 4. The maximum atomic E-state index is 13.0. The Bertz CT molecular complexity index is 1150. The van der Waals surface area contributed by atoms with Gasteiger partial charge in [-0.2, -0.15) is 0 Å². The number of hydrogen-bond donors (Lipinski definition) is 0. The van der Waals surface area contributed by atoms with Crippen molar-refractivity contribution in [3.8, 4) is 5.75 Å². The molecular weight excluding hydrogens is 406 g/mol. The number of hydrogen-bond acceptors (Lipinski definition) is 5. The average molecular weight is 431 g/mol. The molecule has 0 N–H and O–H groups in total. The topological polar surface area (TPSA) is 66.2 Å². The number of fused-ring (bicyclic) bond motifs is 1. The molecule has 1 saturated heterocycles. The summed E-state index contributed by atoms with van der Waals surface area (Å²) in [5.41, 5.74) is 3.16. The van der Waals surface area contributed by atoms with E-state index in [9.17, 15) is 9.59 Å². The molecule has 0 radical (unpaired) electrons. The summed E-state index contributed by atoms with van der Waals surface area (Å²) in [6.45, 7) is 5.20.